The Labute approximate surface area is 166 Å². The second kappa shape index (κ2) is 7.28. The maximum absolute atomic E-state index is 13.3. The van der Waals surface area contributed by atoms with Gasteiger partial charge in [-0.3, -0.25) is 4.79 Å². The van der Waals surface area contributed by atoms with E-state index in [1.54, 1.807) is 0 Å². The molecular weight excluding hydrogens is 360 g/mol. The van der Waals surface area contributed by atoms with Gasteiger partial charge in [0.1, 0.15) is 0 Å². The number of nitrogens with one attached hydrogen (secondary N) is 1. The number of aryl methyl sites for hydroxylation is 1. The number of aromatic nitrogens is 2. The van der Waals surface area contributed by atoms with Crippen molar-refractivity contribution in [3.63, 3.8) is 0 Å². The van der Waals surface area contributed by atoms with Gasteiger partial charge in [0, 0.05) is 36.4 Å². The summed E-state index contributed by atoms with van der Waals surface area (Å²) in [5, 5.41) is 8.46. The lowest BCUT2D eigenvalue weighted by Crippen LogP contribution is -2.39. The molecule has 0 spiro atoms. The minimum atomic E-state index is 0. The van der Waals surface area contributed by atoms with E-state index < -0.39 is 0 Å². The Morgan fingerprint density at radius 3 is 2.70 bits per heavy atom. The number of halogens is 1. The molecule has 1 aliphatic carbocycles. The van der Waals surface area contributed by atoms with Crippen LogP contribution in [-0.4, -0.2) is 45.8 Å². The molecule has 2 aromatic rings. The quantitative estimate of drug-likeness (QED) is 0.863. The van der Waals surface area contributed by atoms with Crippen molar-refractivity contribution in [3.8, 4) is 5.69 Å². The molecule has 2 saturated heterocycles. The van der Waals surface area contributed by atoms with Gasteiger partial charge in [-0.2, -0.15) is 5.10 Å². The largest absolute Gasteiger partial charge is 0.336 e. The summed E-state index contributed by atoms with van der Waals surface area (Å²) >= 11 is 0. The first-order valence-electron chi connectivity index (χ1n) is 9.92. The molecule has 1 amide bonds. The van der Waals surface area contributed by atoms with E-state index in [-0.39, 0.29) is 18.3 Å². The molecule has 2 atom stereocenters. The first-order chi connectivity index (χ1) is 12.7. The Morgan fingerprint density at radius 1 is 1.11 bits per heavy atom. The molecule has 1 aromatic heterocycles. The van der Waals surface area contributed by atoms with Gasteiger partial charge in [-0.25, -0.2) is 4.68 Å². The highest BCUT2D eigenvalue weighted by atomic mass is 35.5. The molecule has 3 aliphatic rings. The zero-order valence-corrected chi connectivity index (χ0v) is 16.6. The number of amides is 1. The normalized spacial score (nSPS) is 23.7. The number of hydrogen-bond acceptors (Lipinski definition) is 3. The first-order valence-corrected chi connectivity index (χ1v) is 9.92. The minimum Gasteiger partial charge on any atom is -0.336 e. The van der Waals surface area contributed by atoms with E-state index in [1.807, 2.05) is 9.58 Å². The van der Waals surface area contributed by atoms with E-state index in [9.17, 15) is 4.79 Å². The lowest BCUT2D eigenvalue weighted by molar-refractivity contribution is 0.0740. The average Bonchev–Trinajstić information content (AvgIpc) is 3.30. The van der Waals surface area contributed by atoms with Crippen molar-refractivity contribution < 1.29 is 4.79 Å². The van der Waals surface area contributed by atoms with Crippen LogP contribution in [0.3, 0.4) is 0 Å². The van der Waals surface area contributed by atoms with Gasteiger partial charge in [-0.15, -0.1) is 12.4 Å². The summed E-state index contributed by atoms with van der Waals surface area (Å²) in [5.74, 6) is 0.128. The molecule has 2 aliphatic heterocycles. The summed E-state index contributed by atoms with van der Waals surface area (Å²) in [7, 11) is 0. The molecule has 1 N–H and O–H groups in total. The van der Waals surface area contributed by atoms with Gasteiger partial charge in [0.2, 0.25) is 0 Å². The van der Waals surface area contributed by atoms with Crippen molar-refractivity contribution in [3.05, 3.63) is 46.8 Å². The van der Waals surface area contributed by atoms with Crippen molar-refractivity contribution in [1.29, 1.82) is 0 Å². The van der Waals surface area contributed by atoms with Crippen molar-refractivity contribution >= 4 is 18.3 Å². The highest BCUT2D eigenvalue weighted by molar-refractivity contribution is 5.94. The number of carbonyl (C=O) groups excluding carboxylic acids is 1. The van der Waals surface area contributed by atoms with Crippen LogP contribution in [0.2, 0.25) is 0 Å². The Kier molecular flexibility index (Phi) is 4.99. The summed E-state index contributed by atoms with van der Waals surface area (Å²) in [6.45, 7) is 3.76. The Bertz CT molecular complexity index is 845. The molecule has 5 rings (SSSR count). The van der Waals surface area contributed by atoms with Crippen molar-refractivity contribution in [2.75, 3.05) is 13.1 Å². The molecular formula is C21H27ClN4O. The maximum atomic E-state index is 13.3. The maximum Gasteiger partial charge on any atom is 0.274 e. The second-order valence-corrected chi connectivity index (χ2v) is 8.05. The molecule has 27 heavy (non-hydrogen) atoms. The van der Waals surface area contributed by atoms with Crippen LogP contribution in [-0.2, 0) is 12.8 Å². The van der Waals surface area contributed by atoms with E-state index in [2.05, 4.69) is 36.5 Å². The third kappa shape index (κ3) is 3.27. The van der Waals surface area contributed by atoms with Crippen molar-refractivity contribution in [2.45, 2.75) is 57.5 Å². The van der Waals surface area contributed by atoms with E-state index in [0.29, 0.717) is 17.8 Å². The lowest BCUT2D eigenvalue weighted by atomic mass is 10.1. The van der Waals surface area contributed by atoms with Crippen molar-refractivity contribution in [2.24, 2.45) is 0 Å². The van der Waals surface area contributed by atoms with Gasteiger partial charge in [0.25, 0.3) is 5.91 Å². The Morgan fingerprint density at radius 2 is 1.89 bits per heavy atom. The number of rotatable bonds is 2. The van der Waals surface area contributed by atoms with Crippen LogP contribution in [0.5, 0.6) is 0 Å². The fraction of sp³-hybridized carbons (Fsp3) is 0.524. The number of carbonyl (C=O) groups is 1. The fourth-order valence-corrected chi connectivity index (χ4v) is 4.79. The fourth-order valence-electron chi connectivity index (χ4n) is 4.79. The van der Waals surface area contributed by atoms with Crippen LogP contribution in [0.4, 0.5) is 0 Å². The highest BCUT2D eigenvalue weighted by Gasteiger charge is 2.34. The second-order valence-electron chi connectivity index (χ2n) is 8.05. The summed E-state index contributed by atoms with van der Waals surface area (Å²) < 4.78 is 2.01. The van der Waals surface area contributed by atoms with Crippen LogP contribution >= 0.6 is 12.4 Å². The van der Waals surface area contributed by atoms with Gasteiger partial charge in [-0.05, 0) is 57.6 Å². The molecule has 0 radical (unpaired) electrons. The summed E-state index contributed by atoms with van der Waals surface area (Å²) in [4.78, 5) is 15.3. The third-order valence-corrected chi connectivity index (χ3v) is 6.22. The number of hydrogen-bond donors (Lipinski definition) is 1. The number of likely N-dealkylation sites (tertiary alicyclic amines) is 1. The van der Waals surface area contributed by atoms with Crippen LogP contribution in [0, 0.1) is 6.92 Å². The zero-order chi connectivity index (χ0) is 17.7. The van der Waals surface area contributed by atoms with Crippen LogP contribution in [0.15, 0.2) is 24.3 Å². The minimum absolute atomic E-state index is 0. The molecule has 144 valence electrons. The Hall–Kier alpha value is -1.85. The van der Waals surface area contributed by atoms with Gasteiger partial charge < -0.3 is 10.2 Å². The predicted octanol–water partition coefficient (Wildman–Crippen LogP) is 3.06. The summed E-state index contributed by atoms with van der Waals surface area (Å²) in [5.41, 5.74) is 5.39. The van der Waals surface area contributed by atoms with Gasteiger partial charge in [-0.1, -0.05) is 17.7 Å². The van der Waals surface area contributed by atoms with E-state index in [4.69, 9.17) is 5.10 Å². The Balaban J connectivity index is 0.00000180. The van der Waals surface area contributed by atoms with Crippen LogP contribution in [0.25, 0.3) is 5.69 Å². The molecule has 6 heteroatoms. The number of benzene rings is 1. The molecule has 5 nitrogen and oxygen atoms in total. The smallest absolute Gasteiger partial charge is 0.274 e. The molecule has 2 bridgehead atoms. The summed E-state index contributed by atoms with van der Waals surface area (Å²) in [6, 6.07) is 9.47. The first kappa shape index (κ1) is 18.5. The molecule has 2 fully saturated rings. The van der Waals surface area contributed by atoms with E-state index in [0.717, 1.165) is 44.5 Å². The number of fused-ring (bicyclic) bond motifs is 3. The number of nitrogens with zero attached hydrogens (tertiary/aromatic N) is 3. The molecule has 1 aromatic carbocycles. The van der Waals surface area contributed by atoms with Crippen LogP contribution < -0.4 is 5.32 Å². The van der Waals surface area contributed by atoms with Gasteiger partial charge in [0.05, 0.1) is 5.69 Å². The van der Waals surface area contributed by atoms with Gasteiger partial charge >= 0.3 is 0 Å². The molecule has 2 unspecified atom stereocenters. The van der Waals surface area contributed by atoms with E-state index >= 15 is 0 Å². The van der Waals surface area contributed by atoms with Crippen LogP contribution in [0.1, 0.15) is 53.0 Å². The zero-order valence-electron chi connectivity index (χ0n) is 15.8. The lowest BCUT2D eigenvalue weighted by Gasteiger charge is -2.23. The highest BCUT2D eigenvalue weighted by Crippen LogP contribution is 2.29. The third-order valence-electron chi connectivity index (χ3n) is 6.22. The topological polar surface area (TPSA) is 50.2 Å². The van der Waals surface area contributed by atoms with Gasteiger partial charge in [0.15, 0.2) is 5.69 Å². The standard InChI is InChI=1S/C21H26N4O.ClH/c1-14-5-9-17(10-6-14)25-19-4-2-3-18(19)20(23-25)21(26)24-12-11-15-7-8-16(13-24)22-15;/h5-6,9-10,15-16,22H,2-4,7-8,11-13H2,1H3;1H. The monoisotopic (exact) mass is 386 g/mol. The summed E-state index contributed by atoms with van der Waals surface area (Å²) in [6.07, 6.45) is 6.60. The molecule has 3 heterocycles. The average molecular weight is 387 g/mol. The SMILES string of the molecule is Cc1ccc(-n2nc(C(=O)N3CCC4CCC(C3)N4)c3c2CCC3)cc1.Cl. The van der Waals surface area contributed by atoms with E-state index in [1.165, 1.54) is 29.7 Å². The van der Waals surface area contributed by atoms with Crippen molar-refractivity contribution in [1.82, 2.24) is 20.0 Å². The predicted molar refractivity (Wildman–Crippen MR) is 108 cm³/mol. The molecule has 0 saturated carbocycles.